The Labute approximate surface area is 142 Å². The van der Waals surface area contributed by atoms with Crippen molar-refractivity contribution in [2.45, 2.75) is 37.6 Å². The fourth-order valence-electron chi connectivity index (χ4n) is 3.29. The van der Waals surface area contributed by atoms with Crippen LogP contribution in [0.15, 0.2) is 18.2 Å². The molecule has 2 saturated heterocycles. The Bertz CT molecular complexity index is 819. The van der Waals surface area contributed by atoms with Crippen LogP contribution in [-0.2, 0) is 9.59 Å². The second-order valence-electron chi connectivity index (χ2n) is 6.25. The summed E-state index contributed by atoms with van der Waals surface area (Å²) in [7, 11) is 0. The molecule has 23 heavy (non-hydrogen) atoms. The Kier molecular flexibility index (Phi) is 3.39. The molecule has 2 aliphatic rings. The first-order chi connectivity index (χ1) is 11.0. The Morgan fingerprint density at radius 3 is 3.13 bits per heavy atom. The standard InChI is InChI=1S/C16H17N3O2S2/c1-9-3-4-10-12(7-9)23-15(17-10)18-14(21)11-8-22-16(2)6-5-13(20)19(11)16/h3-4,7,11H,5-6,8H2,1-2H3,(H,17,18,21)/t11-,16-/m1/s1. The van der Waals surface area contributed by atoms with E-state index in [0.29, 0.717) is 17.3 Å². The third-order valence-electron chi connectivity index (χ3n) is 4.52. The number of nitrogens with zero attached hydrogens (tertiary/aromatic N) is 2. The van der Waals surface area contributed by atoms with Gasteiger partial charge in [0.1, 0.15) is 6.04 Å². The van der Waals surface area contributed by atoms with E-state index in [2.05, 4.69) is 23.3 Å². The van der Waals surface area contributed by atoms with Gasteiger partial charge in [-0.25, -0.2) is 4.98 Å². The number of thioether (sulfide) groups is 1. The van der Waals surface area contributed by atoms with Crippen LogP contribution in [0, 0.1) is 6.92 Å². The second kappa shape index (κ2) is 5.21. The first-order valence-corrected chi connectivity index (χ1v) is 9.41. The lowest BCUT2D eigenvalue weighted by Gasteiger charge is -2.29. The number of nitrogens with one attached hydrogen (secondary N) is 1. The number of benzene rings is 1. The van der Waals surface area contributed by atoms with Crippen molar-refractivity contribution in [2.75, 3.05) is 11.1 Å². The highest BCUT2D eigenvalue weighted by Crippen LogP contribution is 2.47. The smallest absolute Gasteiger partial charge is 0.249 e. The summed E-state index contributed by atoms with van der Waals surface area (Å²) in [6, 6.07) is 5.64. The summed E-state index contributed by atoms with van der Waals surface area (Å²) < 4.78 is 1.06. The minimum atomic E-state index is -0.395. The molecule has 0 aliphatic carbocycles. The average Bonchev–Trinajstić information content (AvgIpc) is 3.12. The number of hydrogen-bond donors (Lipinski definition) is 1. The Balaban J connectivity index is 1.56. The van der Waals surface area contributed by atoms with Gasteiger partial charge in [-0.3, -0.25) is 9.59 Å². The summed E-state index contributed by atoms with van der Waals surface area (Å²) in [5, 5.41) is 3.50. The van der Waals surface area contributed by atoms with E-state index in [9.17, 15) is 9.59 Å². The van der Waals surface area contributed by atoms with Gasteiger partial charge in [-0.1, -0.05) is 17.4 Å². The number of aryl methyl sites for hydroxylation is 1. The van der Waals surface area contributed by atoms with Crippen molar-refractivity contribution in [3.05, 3.63) is 23.8 Å². The van der Waals surface area contributed by atoms with Crippen LogP contribution in [0.2, 0.25) is 0 Å². The zero-order chi connectivity index (χ0) is 16.2. The number of carbonyl (C=O) groups is 2. The fraction of sp³-hybridized carbons (Fsp3) is 0.438. The molecule has 4 rings (SSSR count). The first kappa shape index (κ1) is 15.0. The lowest BCUT2D eigenvalue weighted by molar-refractivity contribution is -0.135. The van der Waals surface area contributed by atoms with Crippen molar-refractivity contribution in [1.29, 1.82) is 0 Å². The van der Waals surface area contributed by atoms with Crippen molar-refractivity contribution in [1.82, 2.24) is 9.88 Å². The zero-order valence-corrected chi connectivity index (χ0v) is 14.6. The summed E-state index contributed by atoms with van der Waals surface area (Å²) in [5.74, 6) is 0.600. The van der Waals surface area contributed by atoms with Gasteiger partial charge in [0.05, 0.1) is 15.1 Å². The predicted molar refractivity (Wildman–Crippen MR) is 93.7 cm³/mol. The Hall–Kier alpha value is -1.60. The quantitative estimate of drug-likeness (QED) is 0.907. The summed E-state index contributed by atoms with van der Waals surface area (Å²) in [4.78, 5) is 30.8. The Morgan fingerprint density at radius 1 is 1.48 bits per heavy atom. The van der Waals surface area contributed by atoms with Gasteiger partial charge in [-0.05, 0) is 38.0 Å². The van der Waals surface area contributed by atoms with E-state index in [-0.39, 0.29) is 16.7 Å². The molecule has 2 atom stereocenters. The van der Waals surface area contributed by atoms with Gasteiger partial charge in [-0.2, -0.15) is 0 Å². The molecule has 0 spiro atoms. The van der Waals surface area contributed by atoms with E-state index in [1.54, 1.807) is 16.7 Å². The molecule has 7 heteroatoms. The third kappa shape index (κ3) is 2.42. The SMILES string of the molecule is Cc1ccc2nc(NC(=O)[C@H]3CS[C@]4(C)CCC(=O)N34)sc2c1. The minimum Gasteiger partial charge on any atom is -0.315 e. The summed E-state index contributed by atoms with van der Waals surface area (Å²) in [6.45, 7) is 4.09. The van der Waals surface area contributed by atoms with Gasteiger partial charge in [0, 0.05) is 12.2 Å². The summed E-state index contributed by atoms with van der Waals surface area (Å²) >= 11 is 3.17. The van der Waals surface area contributed by atoms with Crippen LogP contribution >= 0.6 is 23.1 Å². The van der Waals surface area contributed by atoms with E-state index in [0.717, 1.165) is 16.6 Å². The largest absolute Gasteiger partial charge is 0.315 e. The van der Waals surface area contributed by atoms with Gasteiger partial charge in [0.25, 0.3) is 0 Å². The number of carbonyl (C=O) groups excluding carboxylic acids is 2. The molecule has 0 unspecified atom stereocenters. The molecular weight excluding hydrogens is 330 g/mol. The topological polar surface area (TPSA) is 62.3 Å². The normalized spacial score (nSPS) is 26.8. The number of thiazole rings is 1. The molecule has 0 radical (unpaired) electrons. The third-order valence-corrected chi connectivity index (χ3v) is 6.96. The van der Waals surface area contributed by atoms with Crippen LogP contribution in [-0.4, -0.2) is 38.4 Å². The lowest BCUT2D eigenvalue weighted by Crippen LogP contribution is -2.48. The van der Waals surface area contributed by atoms with Crippen LogP contribution in [0.5, 0.6) is 0 Å². The van der Waals surface area contributed by atoms with Gasteiger partial charge < -0.3 is 10.2 Å². The van der Waals surface area contributed by atoms with Crippen LogP contribution in [0.3, 0.4) is 0 Å². The zero-order valence-electron chi connectivity index (χ0n) is 13.0. The predicted octanol–water partition coefficient (Wildman–Crippen LogP) is 3.00. The van der Waals surface area contributed by atoms with Crippen LogP contribution < -0.4 is 5.32 Å². The second-order valence-corrected chi connectivity index (χ2v) is 8.78. The molecule has 5 nitrogen and oxygen atoms in total. The van der Waals surface area contributed by atoms with Crippen LogP contribution in [0.25, 0.3) is 10.2 Å². The van der Waals surface area contributed by atoms with Gasteiger partial charge >= 0.3 is 0 Å². The molecule has 3 heterocycles. The van der Waals surface area contributed by atoms with E-state index >= 15 is 0 Å². The molecule has 0 bridgehead atoms. The molecule has 1 aromatic carbocycles. The maximum Gasteiger partial charge on any atom is 0.249 e. The van der Waals surface area contributed by atoms with E-state index in [4.69, 9.17) is 0 Å². The highest BCUT2D eigenvalue weighted by Gasteiger charge is 2.52. The van der Waals surface area contributed by atoms with Gasteiger partial charge in [-0.15, -0.1) is 11.8 Å². The highest BCUT2D eigenvalue weighted by molar-refractivity contribution is 8.01. The maximum absolute atomic E-state index is 12.6. The number of hydrogen-bond acceptors (Lipinski definition) is 5. The van der Waals surface area contributed by atoms with E-state index in [1.807, 2.05) is 19.1 Å². The van der Waals surface area contributed by atoms with Crippen molar-refractivity contribution in [3.63, 3.8) is 0 Å². The van der Waals surface area contributed by atoms with E-state index < -0.39 is 6.04 Å². The molecule has 1 aromatic heterocycles. The molecule has 1 N–H and O–H groups in total. The molecular formula is C16H17N3O2S2. The first-order valence-electron chi connectivity index (χ1n) is 7.60. The monoisotopic (exact) mass is 347 g/mol. The van der Waals surface area contributed by atoms with Gasteiger partial charge in [0.2, 0.25) is 11.8 Å². The number of anilines is 1. The average molecular weight is 347 g/mol. The molecule has 120 valence electrons. The van der Waals surface area contributed by atoms with Crippen molar-refractivity contribution in [3.8, 4) is 0 Å². The maximum atomic E-state index is 12.6. The molecule has 2 fully saturated rings. The van der Waals surface area contributed by atoms with Crippen molar-refractivity contribution < 1.29 is 9.59 Å². The highest BCUT2D eigenvalue weighted by atomic mass is 32.2. The molecule has 2 aromatic rings. The van der Waals surface area contributed by atoms with Crippen LogP contribution in [0.1, 0.15) is 25.3 Å². The number of aromatic nitrogens is 1. The minimum absolute atomic E-state index is 0.0811. The number of rotatable bonds is 2. The summed E-state index contributed by atoms with van der Waals surface area (Å²) in [5.41, 5.74) is 2.06. The molecule has 2 amide bonds. The Morgan fingerprint density at radius 2 is 2.30 bits per heavy atom. The van der Waals surface area contributed by atoms with Gasteiger partial charge in [0.15, 0.2) is 5.13 Å². The lowest BCUT2D eigenvalue weighted by atomic mass is 10.2. The number of amides is 2. The number of fused-ring (bicyclic) bond motifs is 2. The van der Waals surface area contributed by atoms with Crippen LogP contribution in [0.4, 0.5) is 5.13 Å². The fourth-order valence-corrected chi connectivity index (χ4v) is 5.69. The van der Waals surface area contributed by atoms with Crippen molar-refractivity contribution >= 4 is 50.3 Å². The summed E-state index contributed by atoms with van der Waals surface area (Å²) in [6.07, 6.45) is 1.36. The molecule has 2 aliphatic heterocycles. The van der Waals surface area contributed by atoms with E-state index in [1.165, 1.54) is 16.9 Å². The van der Waals surface area contributed by atoms with Crippen molar-refractivity contribution in [2.24, 2.45) is 0 Å². The molecule has 0 saturated carbocycles.